The van der Waals surface area contributed by atoms with Gasteiger partial charge in [0.25, 0.3) is 5.95 Å². The summed E-state index contributed by atoms with van der Waals surface area (Å²) in [5.74, 6) is 0.267. The van der Waals surface area contributed by atoms with Crippen LogP contribution in [0.15, 0.2) is 12.5 Å². The second kappa shape index (κ2) is 15.7. The highest BCUT2D eigenvalue weighted by atomic mass is 28.4. The summed E-state index contributed by atoms with van der Waals surface area (Å²) in [5.41, 5.74) is 1.23. The third-order valence-electron chi connectivity index (χ3n) is 12.7. The van der Waals surface area contributed by atoms with Crippen molar-refractivity contribution in [2.45, 2.75) is 180 Å². The van der Waals surface area contributed by atoms with Crippen LogP contribution >= 0.6 is 0 Å². The summed E-state index contributed by atoms with van der Waals surface area (Å²) in [7, 11) is -6.93. The standard InChI is InChI=1S/C38H68N8O6Si3/c1-17-48-34(47)26-22-46(44-43-26)35-41-31(40-25-20-18-19-21-25)28-32(42-35)45(24-39-28)33-30(52-55(15,16)38(8,9)10)29(51-54(13,14)37(5,6)7)27(50-33)23-49-53(11,12)36(2,3)4/h22,24-25,27,29-30,33H,17-21,23H2,1-16H3,(H,40,41,42)/t27-,29-,30-,33-/m1/s1. The first kappa shape index (κ1) is 43.6. The van der Waals surface area contributed by atoms with E-state index in [-0.39, 0.29) is 39.4 Å². The van der Waals surface area contributed by atoms with E-state index >= 15 is 0 Å². The molecule has 4 heterocycles. The number of esters is 1. The smallest absolute Gasteiger partial charge is 0.360 e. The fourth-order valence-corrected chi connectivity index (χ4v) is 9.71. The molecular weight excluding hydrogens is 749 g/mol. The van der Waals surface area contributed by atoms with Crippen LogP contribution in [-0.2, 0) is 22.8 Å². The third kappa shape index (κ3) is 9.28. The third-order valence-corrected chi connectivity index (χ3v) is 26.2. The van der Waals surface area contributed by atoms with Crippen molar-refractivity contribution in [3.8, 4) is 5.95 Å². The summed E-state index contributed by atoms with van der Waals surface area (Å²) in [6.45, 7) is 36.3. The van der Waals surface area contributed by atoms with E-state index in [1.807, 2.05) is 4.57 Å². The van der Waals surface area contributed by atoms with Crippen molar-refractivity contribution in [2.24, 2.45) is 0 Å². The molecule has 308 valence electrons. The molecule has 3 aromatic rings. The van der Waals surface area contributed by atoms with Crippen LogP contribution in [0.1, 0.15) is 112 Å². The Morgan fingerprint density at radius 2 is 1.45 bits per heavy atom. The monoisotopic (exact) mass is 816 g/mol. The number of anilines is 1. The zero-order valence-electron chi connectivity index (χ0n) is 36.4. The molecule has 0 amide bonds. The molecule has 1 saturated heterocycles. The van der Waals surface area contributed by atoms with E-state index < -0.39 is 55.5 Å². The van der Waals surface area contributed by atoms with Gasteiger partial charge >= 0.3 is 5.97 Å². The average Bonchev–Trinajstić information content (AvgIpc) is 3.86. The second-order valence-electron chi connectivity index (χ2n) is 19.9. The van der Waals surface area contributed by atoms with Gasteiger partial charge in [-0.25, -0.2) is 9.78 Å². The van der Waals surface area contributed by atoms with Crippen LogP contribution in [0.3, 0.4) is 0 Å². The Bertz CT molecular complexity index is 1800. The van der Waals surface area contributed by atoms with E-state index in [9.17, 15) is 4.79 Å². The largest absolute Gasteiger partial charge is 0.461 e. The fraction of sp³-hybridized carbons (Fsp3) is 0.789. The van der Waals surface area contributed by atoms with Gasteiger partial charge in [-0.05, 0) is 74.2 Å². The summed E-state index contributed by atoms with van der Waals surface area (Å²) < 4.78 is 37.5. The van der Waals surface area contributed by atoms with Crippen LogP contribution in [0.4, 0.5) is 5.82 Å². The molecule has 14 nitrogen and oxygen atoms in total. The normalized spacial score (nSPS) is 22.2. The Morgan fingerprint density at radius 3 is 2.02 bits per heavy atom. The Hall–Kier alpha value is -2.55. The zero-order valence-corrected chi connectivity index (χ0v) is 39.4. The molecule has 1 saturated carbocycles. The number of nitrogens with one attached hydrogen (secondary N) is 1. The fourth-order valence-electron chi connectivity index (χ4n) is 6.09. The number of ether oxygens (including phenoxy) is 2. The van der Waals surface area contributed by atoms with Crippen molar-refractivity contribution < 1.29 is 27.5 Å². The van der Waals surface area contributed by atoms with E-state index in [2.05, 4.69) is 117 Å². The minimum Gasteiger partial charge on any atom is -0.461 e. The number of rotatable bonds is 13. The minimum atomic E-state index is -2.41. The van der Waals surface area contributed by atoms with Gasteiger partial charge in [-0.15, -0.1) is 5.10 Å². The number of aromatic nitrogens is 7. The van der Waals surface area contributed by atoms with Crippen molar-refractivity contribution in [1.29, 1.82) is 0 Å². The molecule has 2 aliphatic rings. The SMILES string of the molecule is CCOC(=O)c1cn(-c2nc(NC3CCCC3)c3ncn([C@@H]4O[C@H](CO[Si](C)(C)C(C)(C)C)[C@@H](O[Si](C)(C)C(C)(C)C)[C@H]4O[Si](C)(C)C(C)(C)C)c3n2)nn1. The van der Waals surface area contributed by atoms with Crippen molar-refractivity contribution in [2.75, 3.05) is 18.5 Å². The highest BCUT2D eigenvalue weighted by molar-refractivity contribution is 6.75. The molecule has 1 aliphatic heterocycles. The van der Waals surface area contributed by atoms with Crippen LogP contribution in [0.2, 0.25) is 54.4 Å². The van der Waals surface area contributed by atoms with Crippen LogP contribution < -0.4 is 5.32 Å². The van der Waals surface area contributed by atoms with Gasteiger partial charge in [-0.2, -0.15) is 14.6 Å². The minimum absolute atomic E-state index is 0.0168. The number of hydrogen-bond donors (Lipinski definition) is 1. The number of hydrogen-bond acceptors (Lipinski definition) is 12. The molecule has 0 radical (unpaired) electrons. The molecule has 0 unspecified atom stereocenters. The van der Waals surface area contributed by atoms with Crippen LogP contribution in [0.25, 0.3) is 17.1 Å². The molecular formula is C38H68N8O6Si3. The van der Waals surface area contributed by atoms with E-state index in [0.29, 0.717) is 23.6 Å². The average molecular weight is 817 g/mol. The molecule has 2 fully saturated rings. The zero-order chi connectivity index (χ0) is 40.9. The Balaban J connectivity index is 1.68. The molecule has 0 aromatic carbocycles. The van der Waals surface area contributed by atoms with Gasteiger partial charge in [0.2, 0.25) is 0 Å². The van der Waals surface area contributed by atoms with Gasteiger partial charge in [-0.1, -0.05) is 80.4 Å². The lowest BCUT2D eigenvalue weighted by molar-refractivity contribution is -0.0470. The number of carbonyl (C=O) groups excluding carboxylic acids is 1. The first-order chi connectivity index (χ1) is 25.3. The lowest BCUT2D eigenvalue weighted by Gasteiger charge is -2.44. The number of fused-ring (bicyclic) bond motifs is 1. The molecule has 3 aromatic heterocycles. The number of imidazole rings is 1. The summed E-state index contributed by atoms with van der Waals surface area (Å²) >= 11 is 0. The molecule has 4 atom stereocenters. The maximum atomic E-state index is 12.5. The summed E-state index contributed by atoms with van der Waals surface area (Å²) in [6.07, 6.45) is 5.67. The lowest BCUT2D eigenvalue weighted by atomic mass is 10.1. The summed E-state index contributed by atoms with van der Waals surface area (Å²) in [5, 5.41) is 11.8. The highest BCUT2D eigenvalue weighted by Gasteiger charge is 2.55. The molecule has 17 heteroatoms. The first-order valence-corrected chi connectivity index (χ1v) is 28.7. The van der Waals surface area contributed by atoms with Crippen molar-refractivity contribution in [3.05, 3.63) is 18.2 Å². The Labute approximate surface area is 331 Å². The van der Waals surface area contributed by atoms with E-state index in [1.54, 1.807) is 13.3 Å². The van der Waals surface area contributed by atoms with Crippen molar-refractivity contribution >= 4 is 47.9 Å². The highest BCUT2D eigenvalue weighted by Crippen LogP contribution is 2.47. The van der Waals surface area contributed by atoms with Gasteiger partial charge < -0.3 is 28.1 Å². The van der Waals surface area contributed by atoms with Gasteiger partial charge in [0.05, 0.1) is 25.7 Å². The molecule has 1 N–H and O–H groups in total. The van der Waals surface area contributed by atoms with Crippen molar-refractivity contribution in [3.63, 3.8) is 0 Å². The molecule has 5 rings (SSSR count). The Kier molecular flexibility index (Phi) is 12.4. The lowest BCUT2D eigenvalue weighted by Crippen LogP contribution is -2.54. The van der Waals surface area contributed by atoms with Gasteiger partial charge in [-0.3, -0.25) is 4.57 Å². The quantitative estimate of drug-likeness (QED) is 0.130. The summed E-state index contributed by atoms with van der Waals surface area (Å²) in [4.78, 5) is 27.4. The second-order valence-corrected chi connectivity index (χ2v) is 34.2. The van der Waals surface area contributed by atoms with E-state index in [1.165, 1.54) is 10.9 Å². The van der Waals surface area contributed by atoms with Gasteiger partial charge in [0.15, 0.2) is 53.9 Å². The maximum Gasteiger partial charge on any atom is 0.360 e. The number of nitrogens with zero attached hydrogens (tertiary/aromatic N) is 7. The topological polar surface area (TPSA) is 150 Å². The van der Waals surface area contributed by atoms with Crippen LogP contribution in [0.5, 0.6) is 0 Å². The predicted molar refractivity (Wildman–Crippen MR) is 223 cm³/mol. The van der Waals surface area contributed by atoms with Crippen molar-refractivity contribution in [1.82, 2.24) is 34.5 Å². The van der Waals surface area contributed by atoms with Crippen LogP contribution in [-0.4, -0.2) is 103 Å². The predicted octanol–water partition coefficient (Wildman–Crippen LogP) is 8.64. The van der Waals surface area contributed by atoms with Crippen LogP contribution in [0, 0.1) is 0 Å². The molecule has 0 bridgehead atoms. The van der Waals surface area contributed by atoms with E-state index in [0.717, 1.165) is 25.7 Å². The molecule has 55 heavy (non-hydrogen) atoms. The maximum absolute atomic E-state index is 12.5. The summed E-state index contributed by atoms with van der Waals surface area (Å²) in [6, 6.07) is 0.249. The number of carbonyl (C=O) groups is 1. The molecule has 0 spiro atoms. The van der Waals surface area contributed by atoms with E-state index in [4.69, 9.17) is 37.7 Å². The Morgan fingerprint density at radius 1 is 0.873 bits per heavy atom. The molecule has 1 aliphatic carbocycles. The van der Waals surface area contributed by atoms with Gasteiger partial charge in [0, 0.05) is 6.04 Å². The van der Waals surface area contributed by atoms with Gasteiger partial charge in [0.1, 0.15) is 18.3 Å². The first-order valence-electron chi connectivity index (χ1n) is 20.0.